The predicted molar refractivity (Wildman–Crippen MR) is 122 cm³/mol. The van der Waals surface area contributed by atoms with Crippen LogP contribution in [0.5, 0.6) is 11.5 Å². The van der Waals surface area contributed by atoms with Crippen LogP contribution in [0.1, 0.15) is 27.2 Å². The minimum Gasteiger partial charge on any atom is -0.496 e. The summed E-state index contributed by atoms with van der Waals surface area (Å²) in [7, 11) is 3.11. The van der Waals surface area contributed by atoms with Crippen molar-refractivity contribution >= 4 is 29.0 Å². The number of para-hydroxylation sites is 1. The number of nitrogens with one attached hydrogen (secondary N) is 2. The van der Waals surface area contributed by atoms with E-state index in [9.17, 15) is 9.18 Å². The molecule has 0 radical (unpaired) electrons. The summed E-state index contributed by atoms with van der Waals surface area (Å²) < 4.78 is 24.1. The van der Waals surface area contributed by atoms with Gasteiger partial charge in [-0.2, -0.15) is 5.10 Å². The van der Waals surface area contributed by atoms with Gasteiger partial charge in [-0.05, 0) is 42.0 Å². The van der Waals surface area contributed by atoms with Gasteiger partial charge in [0.1, 0.15) is 17.3 Å². The van der Waals surface area contributed by atoms with Crippen LogP contribution in [0.25, 0.3) is 23.1 Å². The second-order valence-electron chi connectivity index (χ2n) is 7.06. The fourth-order valence-electron chi connectivity index (χ4n) is 3.49. The lowest BCUT2D eigenvalue weighted by atomic mass is 10.1. The monoisotopic (exact) mass is 431 g/mol. The van der Waals surface area contributed by atoms with Gasteiger partial charge in [0.2, 0.25) is 0 Å². The van der Waals surface area contributed by atoms with Gasteiger partial charge < -0.3 is 14.8 Å². The Bertz CT molecular complexity index is 1280. The van der Waals surface area contributed by atoms with Crippen molar-refractivity contribution in [3.8, 4) is 11.5 Å². The number of hydrogen-bond donors (Lipinski definition) is 2. The molecule has 0 unspecified atom stereocenters. The van der Waals surface area contributed by atoms with Gasteiger partial charge in [-0.25, -0.2) is 4.39 Å². The molecule has 1 heterocycles. The smallest absolute Gasteiger partial charge is 0.255 e. The summed E-state index contributed by atoms with van der Waals surface area (Å²) in [6.45, 7) is 0.312. The van der Waals surface area contributed by atoms with Crippen molar-refractivity contribution < 1.29 is 18.7 Å². The SMILES string of the molecule is COc1ccccc1CNC(=O)c1ccc2[nH]nc(C=Cc3ccc(F)cc3)c2c1OC. The van der Waals surface area contributed by atoms with Crippen LogP contribution in [0, 0.1) is 5.82 Å². The minimum absolute atomic E-state index is 0.274. The highest BCUT2D eigenvalue weighted by molar-refractivity contribution is 6.05. The number of ether oxygens (including phenoxy) is 2. The van der Waals surface area contributed by atoms with Gasteiger partial charge >= 0.3 is 0 Å². The third-order valence-corrected chi connectivity index (χ3v) is 5.09. The van der Waals surface area contributed by atoms with E-state index >= 15 is 0 Å². The number of amides is 1. The van der Waals surface area contributed by atoms with E-state index in [0.29, 0.717) is 34.7 Å². The summed E-state index contributed by atoms with van der Waals surface area (Å²) >= 11 is 0. The predicted octanol–water partition coefficient (Wildman–Crippen LogP) is 4.82. The Morgan fingerprint density at radius 3 is 2.56 bits per heavy atom. The van der Waals surface area contributed by atoms with Crippen LogP contribution in [0.15, 0.2) is 60.7 Å². The number of hydrogen-bond acceptors (Lipinski definition) is 4. The average molecular weight is 431 g/mol. The molecular formula is C25H22FN3O3. The molecule has 2 N–H and O–H groups in total. The van der Waals surface area contributed by atoms with Crippen molar-refractivity contribution in [1.29, 1.82) is 0 Å². The lowest BCUT2D eigenvalue weighted by molar-refractivity contribution is 0.0948. The molecule has 0 spiro atoms. The highest BCUT2D eigenvalue weighted by Crippen LogP contribution is 2.32. The number of carbonyl (C=O) groups excluding carboxylic acids is 1. The van der Waals surface area contributed by atoms with Crippen LogP contribution < -0.4 is 14.8 Å². The molecule has 0 saturated heterocycles. The maximum atomic E-state index is 13.1. The van der Waals surface area contributed by atoms with E-state index in [1.807, 2.05) is 30.3 Å². The fraction of sp³-hybridized carbons (Fsp3) is 0.120. The van der Waals surface area contributed by atoms with Crippen LogP contribution in [0.3, 0.4) is 0 Å². The maximum absolute atomic E-state index is 13.1. The first-order valence-electron chi connectivity index (χ1n) is 9.99. The topological polar surface area (TPSA) is 76.2 Å². The van der Waals surface area contributed by atoms with Gasteiger partial charge in [-0.1, -0.05) is 36.4 Å². The molecule has 6 nitrogen and oxygen atoms in total. The van der Waals surface area contributed by atoms with E-state index < -0.39 is 0 Å². The molecule has 7 heteroatoms. The second kappa shape index (κ2) is 9.34. The van der Waals surface area contributed by atoms with Crippen molar-refractivity contribution in [2.45, 2.75) is 6.54 Å². The average Bonchev–Trinajstić information content (AvgIpc) is 3.25. The normalized spacial score (nSPS) is 11.1. The van der Waals surface area contributed by atoms with E-state index in [4.69, 9.17) is 9.47 Å². The molecule has 4 aromatic rings. The first kappa shape index (κ1) is 21.1. The number of nitrogens with zero attached hydrogens (tertiary/aromatic N) is 1. The lowest BCUT2D eigenvalue weighted by Crippen LogP contribution is -2.23. The molecule has 32 heavy (non-hydrogen) atoms. The number of aromatic nitrogens is 2. The van der Waals surface area contributed by atoms with E-state index in [1.54, 1.807) is 37.5 Å². The quantitative estimate of drug-likeness (QED) is 0.440. The van der Waals surface area contributed by atoms with Crippen LogP contribution in [-0.2, 0) is 6.54 Å². The molecule has 0 fully saturated rings. The molecule has 162 valence electrons. The van der Waals surface area contributed by atoms with Gasteiger partial charge in [0.05, 0.1) is 36.4 Å². The van der Waals surface area contributed by atoms with Gasteiger partial charge in [-0.15, -0.1) is 0 Å². The number of fused-ring (bicyclic) bond motifs is 1. The molecule has 0 atom stereocenters. The molecule has 1 amide bonds. The third kappa shape index (κ3) is 4.32. The van der Waals surface area contributed by atoms with E-state index in [0.717, 1.165) is 16.6 Å². The molecule has 0 saturated carbocycles. The summed E-state index contributed by atoms with van der Waals surface area (Å²) in [5.74, 6) is 0.563. The molecule has 3 aromatic carbocycles. The summed E-state index contributed by atoms with van der Waals surface area (Å²) in [6, 6.07) is 17.1. The van der Waals surface area contributed by atoms with Crippen molar-refractivity contribution in [1.82, 2.24) is 15.5 Å². The molecular weight excluding hydrogens is 409 g/mol. The minimum atomic E-state index is -0.294. The van der Waals surface area contributed by atoms with E-state index in [2.05, 4.69) is 15.5 Å². The van der Waals surface area contributed by atoms with Gasteiger partial charge in [0, 0.05) is 12.1 Å². The Hall–Kier alpha value is -4.13. The van der Waals surface area contributed by atoms with E-state index in [1.165, 1.54) is 19.2 Å². The first-order chi connectivity index (χ1) is 15.6. The standard InChI is InChI=1S/C25H22FN3O3/c1-31-22-6-4-3-5-17(22)15-27-25(30)19-12-14-21-23(24(19)32-2)20(28-29-21)13-9-16-7-10-18(26)11-8-16/h3-14H,15H2,1-2H3,(H,27,30)(H,28,29). The van der Waals surface area contributed by atoms with Crippen LogP contribution in [0.4, 0.5) is 4.39 Å². The molecule has 0 aliphatic heterocycles. The summed E-state index contributed by atoms with van der Waals surface area (Å²) in [5.41, 5.74) is 3.44. The second-order valence-corrected chi connectivity index (χ2v) is 7.06. The zero-order valence-electron chi connectivity index (χ0n) is 17.7. The van der Waals surface area contributed by atoms with Gasteiger partial charge in [0.15, 0.2) is 0 Å². The van der Waals surface area contributed by atoms with Crippen LogP contribution in [0.2, 0.25) is 0 Å². The molecule has 4 rings (SSSR count). The third-order valence-electron chi connectivity index (χ3n) is 5.09. The van der Waals surface area contributed by atoms with Gasteiger partial charge in [0.25, 0.3) is 5.91 Å². The number of halogens is 1. The number of rotatable bonds is 7. The highest BCUT2D eigenvalue weighted by Gasteiger charge is 2.19. The maximum Gasteiger partial charge on any atom is 0.255 e. The largest absolute Gasteiger partial charge is 0.496 e. The van der Waals surface area contributed by atoms with Crippen molar-refractivity contribution in [2.24, 2.45) is 0 Å². The van der Waals surface area contributed by atoms with Crippen molar-refractivity contribution in [3.05, 3.63) is 88.9 Å². The molecule has 1 aromatic heterocycles. The van der Waals surface area contributed by atoms with Crippen LogP contribution in [-0.4, -0.2) is 30.3 Å². The van der Waals surface area contributed by atoms with Crippen LogP contribution >= 0.6 is 0 Å². The summed E-state index contributed by atoms with van der Waals surface area (Å²) in [4.78, 5) is 13.0. The van der Waals surface area contributed by atoms with Crippen molar-refractivity contribution in [3.63, 3.8) is 0 Å². The Balaban J connectivity index is 1.63. The first-order valence-corrected chi connectivity index (χ1v) is 9.99. The zero-order chi connectivity index (χ0) is 22.5. The Kier molecular flexibility index (Phi) is 6.17. The van der Waals surface area contributed by atoms with Gasteiger partial charge in [-0.3, -0.25) is 9.89 Å². The number of benzene rings is 3. The number of methoxy groups -OCH3 is 2. The molecule has 0 bridgehead atoms. The number of aromatic amines is 1. The highest BCUT2D eigenvalue weighted by atomic mass is 19.1. The number of carbonyl (C=O) groups is 1. The summed E-state index contributed by atoms with van der Waals surface area (Å²) in [6.07, 6.45) is 3.62. The Labute approximate surface area is 184 Å². The van der Waals surface area contributed by atoms with E-state index in [-0.39, 0.29) is 11.7 Å². The summed E-state index contributed by atoms with van der Waals surface area (Å²) in [5, 5.41) is 10.9. The lowest BCUT2D eigenvalue weighted by Gasteiger charge is -2.12. The molecule has 0 aliphatic carbocycles. The Morgan fingerprint density at radius 1 is 1.03 bits per heavy atom. The molecule has 0 aliphatic rings. The number of H-pyrrole nitrogens is 1. The van der Waals surface area contributed by atoms with Crippen molar-refractivity contribution in [2.75, 3.05) is 14.2 Å². The fourth-order valence-corrected chi connectivity index (χ4v) is 3.49. The Morgan fingerprint density at radius 2 is 1.81 bits per heavy atom. The zero-order valence-corrected chi connectivity index (χ0v) is 17.7.